The molecule has 0 aromatic carbocycles. The highest BCUT2D eigenvalue weighted by Crippen LogP contribution is 2.26. The minimum atomic E-state index is 0.328. The number of hydrogen-bond donors (Lipinski definition) is 1. The molecule has 0 fully saturated rings. The number of thiophene rings is 1. The molecule has 2 aromatic rings. The van der Waals surface area contributed by atoms with E-state index in [4.69, 9.17) is 0 Å². The van der Waals surface area contributed by atoms with Crippen LogP contribution < -0.4 is 5.32 Å². The number of nitrogens with zero attached hydrogens (tertiary/aromatic N) is 2. The molecule has 2 aromatic heterocycles. The summed E-state index contributed by atoms with van der Waals surface area (Å²) < 4.78 is 0. The lowest BCUT2D eigenvalue weighted by molar-refractivity contribution is 0.736. The van der Waals surface area contributed by atoms with Crippen LogP contribution >= 0.6 is 11.3 Å². The predicted octanol–water partition coefficient (Wildman–Crippen LogP) is 4.53. The summed E-state index contributed by atoms with van der Waals surface area (Å²) in [5.41, 5.74) is 1.02. The molecule has 0 amide bonds. The minimum Gasteiger partial charge on any atom is -0.362 e. The van der Waals surface area contributed by atoms with Crippen molar-refractivity contribution in [2.45, 2.75) is 46.1 Å². The SMILES string of the molecule is CCC(Nc1cc(C)nc(C(C)C)n1)c1cccs1. The van der Waals surface area contributed by atoms with Gasteiger partial charge >= 0.3 is 0 Å². The van der Waals surface area contributed by atoms with Gasteiger partial charge in [0.25, 0.3) is 0 Å². The number of hydrogen-bond acceptors (Lipinski definition) is 4. The third-order valence-corrected chi connectivity index (χ3v) is 3.99. The van der Waals surface area contributed by atoms with E-state index in [0.717, 1.165) is 23.8 Å². The van der Waals surface area contributed by atoms with Crippen molar-refractivity contribution >= 4 is 17.2 Å². The van der Waals surface area contributed by atoms with Gasteiger partial charge < -0.3 is 5.32 Å². The predicted molar refractivity (Wildman–Crippen MR) is 81.8 cm³/mol. The maximum Gasteiger partial charge on any atom is 0.133 e. The summed E-state index contributed by atoms with van der Waals surface area (Å²) in [7, 11) is 0. The zero-order valence-electron chi connectivity index (χ0n) is 12.0. The number of nitrogens with one attached hydrogen (secondary N) is 1. The number of anilines is 1. The summed E-state index contributed by atoms with van der Waals surface area (Å²) in [6.07, 6.45) is 1.04. The second-order valence-electron chi connectivity index (χ2n) is 5.03. The maximum atomic E-state index is 4.61. The van der Waals surface area contributed by atoms with Gasteiger partial charge in [0, 0.05) is 22.6 Å². The van der Waals surface area contributed by atoms with Crippen molar-refractivity contribution in [1.29, 1.82) is 0 Å². The molecule has 1 N–H and O–H groups in total. The second-order valence-corrected chi connectivity index (χ2v) is 6.01. The Morgan fingerprint density at radius 2 is 2.11 bits per heavy atom. The Labute approximate surface area is 119 Å². The molecule has 0 saturated heterocycles. The van der Waals surface area contributed by atoms with Crippen molar-refractivity contribution in [1.82, 2.24) is 9.97 Å². The molecule has 0 aliphatic carbocycles. The fourth-order valence-electron chi connectivity index (χ4n) is 1.97. The van der Waals surface area contributed by atoms with Crippen LogP contribution in [-0.2, 0) is 0 Å². The first-order valence-corrected chi connectivity index (χ1v) is 7.63. The second kappa shape index (κ2) is 6.15. The van der Waals surface area contributed by atoms with E-state index in [1.54, 1.807) is 11.3 Å². The highest BCUT2D eigenvalue weighted by atomic mass is 32.1. The fraction of sp³-hybridized carbons (Fsp3) is 0.467. The van der Waals surface area contributed by atoms with Gasteiger partial charge in [-0.15, -0.1) is 11.3 Å². The van der Waals surface area contributed by atoms with Crippen LogP contribution in [0.25, 0.3) is 0 Å². The lowest BCUT2D eigenvalue weighted by Gasteiger charge is -2.17. The van der Waals surface area contributed by atoms with Gasteiger partial charge in [0.2, 0.25) is 0 Å². The van der Waals surface area contributed by atoms with E-state index in [2.05, 4.69) is 53.6 Å². The molecule has 1 unspecified atom stereocenters. The van der Waals surface area contributed by atoms with E-state index >= 15 is 0 Å². The Morgan fingerprint density at radius 1 is 1.32 bits per heavy atom. The van der Waals surface area contributed by atoms with Gasteiger partial charge in [-0.1, -0.05) is 26.8 Å². The summed E-state index contributed by atoms with van der Waals surface area (Å²) in [5, 5.41) is 5.64. The van der Waals surface area contributed by atoms with Gasteiger partial charge in [-0.25, -0.2) is 9.97 Å². The van der Waals surface area contributed by atoms with Gasteiger partial charge in [0.1, 0.15) is 11.6 Å². The van der Waals surface area contributed by atoms with Crippen LogP contribution in [0.3, 0.4) is 0 Å². The molecule has 3 nitrogen and oxygen atoms in total. The van der Waals surface area contributed by atoms with Crippen LogP contribution in [0.2, 0.25) is 0 Å². The molecule has 102 valence electrons. The highest BCUT2D eigenvalue weighted by molar-refractivity contribution is 7.10. The molecular formula is C15H21N3S. The summed E-state index contributed by atoms with van der Waals surface area (Å²) in [6.45, 7) is 8.45. The Balaban J connectivity index is 2.22. The number of aromatic nitrogens is 2. The van der Waals surface area contributed by atoms with Crippen molar-refractivity contribution in [3.05, 3.63) is 40.0 Å². The molecule has 0 radical (unpaired) electrons. The third kappa shape index (κ3) is 3.53. The van der Waals surface area contributed by atoms with Crippen LogP contribution in [-0.4, -0.2) is 9.97 Å². The van der Waals surface area contributed by atoms with Gasteiger partial charge in [-0.2, -0.15) is 0 Å². The molecular weight excluding hydrogens is 254 g/mol. The van der Waals surface area contributed by atoms with E-state index in [1.165, 1.54) is 4.88 Å². The molecule has 19 heavy (non-hydrogen) atoms. The Bertz CT molecular complexity index is 520. The Morgan fingerprint density at radius 3 is 2.68 bits per heavy atom. The quantitative estimate of drug-likeness (QED) is 0.871. The average Bonchev–Trinajstić information content (AvgIpc) is 2.89. The van der Waals surface area contributed by atoms with Crippen molar-refractivity contribution in [2.75, 3.05) is 5.32 Å². The van der Waals surface area contributed by atoms with E-state index in [0.29, 0.717) is 12.0 Å². The zero-order valence-corrected chi connectivity index (χ0v) is 12.8. The molecule has 0 saturated carbocycles. The summed E-state index contributed by atoms with van der Waals surface area (Å²) in [5.74, 6) is 2.18. The zero-order chi connectivity index (χ0) is 13.8. The van der Waals surface area contributed by atoms with Gasteiger partial charge in [0.05, 0.1) is 6.04 Å². The first-order chi connectivity index (χ1) is 9.10. The third-order valence-electron chi connectivity index (χ3n) is 3.00. The lowest BCUT2D eigenvalue weighted by atomic mass is 10.2. The average molecular weight is 275 g/mol. The number of aryl methyl sites for hydroxylation is 1. The van der Waals surface area contributed by atoms with Crippen molar-refractivity contribution < 1.29 is 0 Å². The first kappa shape index (κ1) is 14.0. The standard InChI is InChI=1S/C15H21N3S/c1-5-12(13-7-6-8-19-13)17-14-9-11(4)16-15(18-14)10(2)3/h6-10,12H,5H2,1-4H3,(H,16,17,18). The molecule has 1 atom stereocenters. The molecule has 0 aliphatic heterocycles. The largest absolute Gasteiger partial charge is 0.362 e. The van der Waals surface area contributed by atoms with Gasteiger partial charge in [0.15, 0.2) is 0 Å². The van der Waals surface area contributed by atoms with Crippen LogP contribution in [0.4, 0.5) is 5.82 Å². The van der Waals surface area contributed by atoms with Crippen LogP contribution in [0.1, 0.15) is 55.5 Å². The maximum absolute atomic E-state index is 4.61. The monoisotopic (exact) mass is 275 g/mol. The van der Waals surface area contributed by atoms with Gasteiger partial charge in [-0.05, 0) is 24.8 Å². The van der Waals surface area contributed by atoms with E-state index < -0.39 is 0 Å². The smallest absolute Gasteiger partial charge is 0.133 e. The van der Waals surface area contributed by atoms with E-state index in [1.807, 2.05) is 13.0 Å². The summed E-state index contributed by atoms with van der Waals surface area (Å²) in [4.78, 5) is 10.4. The first-order valence-electron chi connectivity index (χ1n) is 6.75. The lowest BCUT2D eigenvalue weighted by Crippen LogP contribution is -2.11. The van der Waals surface area contributed by atoms with E-state index in [9.17, 15) is 0 Å². The fourth-order valence-corrected chi connectivity index (χ4v) is 2.83. The molecule has 2 rings (SSSR count). The normalized spacial score (nSPS) is 12.7. The highest BCUT2D eigenvalue weighted by Gasteiger charge is 2.12. The molecule has 2 heterocycles. The van der Waals surface area contributed by atoms with Crippen molar-refractivity contribution in [3.63, 3.8) is 0 Å². The topological polar surface area (TPSA) is 37.8 Å². The van der Waals surface area contributed by atoms with E-state index in [-0.39, 0.29) is 0 Å². The summed E-state index contributed by atoms with van der Waals surface area (Å²) in [6, 6.07) is 6.61. The number of rotatable bonds is 5. The van der Waals surface area contributed by atoms with Crippen molar-refractivity contribution in [3.8, 4) is 0 Å². The molecule has 0 spiro atoms. The van der Waals surface area contributed by atoms with Crippen molar-refractivity contribution in [2.24, 2.45) is 0 Å². The summed E-state index contributed by atoms with van der Waals surface area (Å²) >= 11 is 1.78. The van der Waals surface area contributed by atoms with Crippen LogP contribution in [0, 0.1) is 6.92 Å². The molecule has 0 aliphatic rings. The minimum absolute atomic E-state index is 0.328. The van der Waals surface area contributed by atoms with Crippen LogP contribution in [0.15, 0.2) is 23.6 Å². The van der Waals surface area contributed by atoms with Crippen LogP contribution in [0.5, 0.6) is 0 Å². The Hall–Kier alpha value is -1.42. The molecule has 0 bridgehead atoms. The Kier molecular flexibility index (Phi) is 4.53. The van der Waals surface area contributed by atoms with Gasteiger partial charge in [-0.3, -0.25) is 0 Å². The molecule has 4 heteroatoms.